The summed E-state index contributed by atoms with van der Waals surface area (Å²) >= 11 is 3.24. The number of hydrogen-bond acceptors (Lipinski definition) is 4. The fraction of sp³-hybridized carbons (Fsp3) is 0.538. The van der Waals surface area contributed by atoms with Crippen LogP contribution < -0.4 is 10.5 Å². The summed E-state index contributed by atoms with van der Waals surface area (Å²) in [5, 5.41) is 0. The van der Waals surface area contributed by atoms with E-state index in [2.05, 4.69) is 20.7 Å². The molecule has 1 aromatic rings. The molecule has 114 valence electrons. The van der Waals surface area contributed by atoms with Crippen molar-refractivity contribution in [3.8, 4) is 0 Å². The largest absolute Gasteiger partial charge is 0.398 e. The molecule has 0 radical (unpaired) electrons. The molecule has 0 atom stereocenters. The predicted molar refractivity (Wildman–Crippen MR) is 84.0 cm³/mol. The van der Waals surface area contributed by atoms with Crippen LogP contribution in [0.5, 0.6) is 0 Å². The fourth-order valence-electron chi connectivity index (χ4n) is 1.53. The van der Waals surface area contributed by atoms with Gasteiger partial charge in [0.15, 0.2) is 0 Å². The number of nitrogens with one attached hydrogen (secondary N) is 1. The molecule has 1 rings (SSSR count). The average Bonchev–Trinajstić information content (AvgIpc) is 2.37. The molecule has 7 heteroatoms. The van der Waals surface area contributed by atoms with Crippen LogP contribution in [0, 0.1) is 5.41 Å². The Morgan fingerprint density at radius 2 is 2.05 bits per heavy atom. The molecule has 0 heterocycles. The average molecular weight is 365 g/mol. The van der Waals surface area contributed by atoms with Crippen LogP contribution >= 0.6 is 15.9 Å². The maximum Gasteiger partial charge on any atom is 0.240 e. The van der Waals surface area contributed by atoms with E-state index in [4.69, 9.17) is 10.5 Å². The lowest BCUT2D eigenvalue weighted by Crippen LogP contribution is -2.34. The molecule has 0 unspecified atom stereocenters. The van der Waals surface area contributed by atoms with Gasteiger partial charge in [-0.3, -0.25) is 0 Å². The second-order valence-electron chi connectivity index (χ2n) is 5.41. The van der Waals surface area contributed by atoms with Crippen LogP contribution in [-0.4, -0.2) is 28.7 Å². The first-order chi connectivity index (χ1) is 9.18. The number of benzene rings is 1. The molecule has 0 aliphatic rings. The molecular weight excluding hydrogens is 344 g/mol. The summed E-state index contributed by atoms with van der Waals surface area (Å²) in [4.78, 5) is 0.167. The zero-order chi connectivity index (χ0) is 15.4. The number of methoxy groups -OCH3 is 1. The Bertz CT molecular complexity index is 559. The Morgan fingerprint density at radius 3 is 2.60 bits per heavy atom. The summed E-state index contributed by atoms with van der Waals surface area (Å²) < 4.78 is 32.7. The number of ether oxygens (including phenoxy) is 1. The highest BCUT2D eigenvalue weighted by atomic mass is 79.9. The molecule has 0 amide bonds. The van der Waals surface area contributed by atoms with Crippen LogP contribution in [0.25, 0.3) is 0 Å². The Balaban J connectivity index is 2.77. The Kier molecular flexibility index (Phi) is 6.00. The second-order valence-corrected chi connectivity index (χ2v) is 8.04. The van der Waals surface area contributed by atoms with E-state index in [-0.39, 0.29) is 10.3 Å². The lowest BCUT2D eigenvalue weighted by Gasteiger charge is -2.24. The van der Waals surface area contributed by atoms with Crippen molar-refractivity contribution < 1.29 is 13.2 Å². The van der Waals surface area contributed by atoms with Gasteiger partial charge in [0.05, 0.1) is 4.90 Å². The zero-order valence-corrected chi connectivity index (χ0v) is 14.3. The van der Waals surface area contributed by atoms with Gasteiger partial charge in [-0.2, -0.15) is 0 Å². The Hall–Kier alpha value is -0.630. The van der Waals surface area contributed by atoms with E-state index in [9.17, 15) is 8.42 Å². The second kappa shape index (κ2) is 6.89. The highest BCUT2D eigenvalue weighted by Gasteiger charge is 2.22. The molecule has 0 aliphatic heterocycles. The molecule has 0 aliphatic carbocycles. The number of halogens is 1. The van der Waals surface area contributed by atoms with Crippen LogP contribution in [0.15, 0.2) is 27.6 Å². The molecule has 5 nitrogen and oxygen atoms in total. The van der Waals surface area contributed by atoms with Crippen LogP contribution in [-0.2, 0) is 14.8 Å². The number of nitrogens with two attached hydrogens (primary N) is 1. The minimum Gasteiger partial charge on any atom is -0.398 e. The van der Waals surface area contributed by atoms with Gasteiger partial charge >= 0.3 is 0 Å². The monoisotopic (exact) mass is 364 g/mol. The van der Waals surface area contributed by atoms with E-state index in [1.807, 2.05) is 13.8 Å². The summed E-state index contributed by atoms with van der Waals surface area (Å²) in [6.45, 7) is 4.92. The number of sulfonamides is 1. The number of hydrogen-bond donors (Lipinski definition) is 2. The minimum absolute atomic E-state index is 0.167. The first-order valence-corrected chi connectivity index (χ1v) is 8.49. The van der Waals surface area contributed by atoms with Crippen molar-refractivity contribution in [1.82, 2.24) is 4.72 Å². The summed E-state index contributed by atoms with van der Waals surface area (Å²) in [5.41, 5.74) is 5.93. The van der Waals surface area contributed by atoms with Gasteiger partial charge in [0.1, 0.15) is 0 Å². The number of nitrogen functional groups attached to an aromatic ring is 1. The highest BCUT2D eigenvalue weighted by molar-refractivity contribution is 9.10. The van der Waals surface area contributed by atoms with Crippen molar-refractivity contribution in [2.24, 2.45) is 5.41 Å². The van der Waals surface area contributed by atoms with Crippen molar-refractivity contribution >= 4 is 31.6 Å². The van der Waals surface area contributed by atoms with Gasteiger partial charge in [-0.05, 0) is 46.0 Å². The highest BCUT2D eigenvalue weighted by Crippen LogP contribution is 2.24. The van der Waals surface area contributed by atoms with Gasteiger partial charge < -0.3 is 10.5 Å². The smallest absolute Gasteiger partial charge is 0.240 e. The van der Waals surface area contributed by atoms with Crippen LogP contribution in [0.3, 0.4) is 0 Å². The van der Waals surface area contributed by atoms with Gasteiger partial charge in [-0.25, -0.2) is 13.1 Å². The van der Waals surface area contributed by atoms with Gasteiger partial charge in [-0.1, -0.05) is 13.8 Å². The zero-order valence-electron chi connectivity index (χ0n) is 11.9. The Morgan fingerprint density at radius 1 is 1.40 bits per heavy atom. The van der Waals surface area contributed by atoms with Gasteiger partial charge in [0.2, 0.25) is 10.0 Å². The quantitative estimate of drug-likeness (QED) is 0.727. The first kappa shape index (κ1) is 17.4. The summed E-state index contributed by atoms with van der Waals surface area (Å²) in [6, 6.07) is 4.58. The third kappa shape index (κ3) is 5.05. The van der Waals surface area contributed by atoms with Crippen LogP contribution in [0.4, 0.5) is 5.69 Å². The van der Waals surface area contributed by atoms with Crippen molar-refractivity contribution in [1.29, 1.82) is 0 Å². The van der Waals surface area contributed by atoms with Crippen molar-refractivity contribution in [3.05, 3.63) is 22.7 Å². The lowest BCUT2D eigenvalue weighted by molar-refractivity contribution is 0.153. The third-order valence-corrected chi connectivity index (χ3v) is 5.12. The Labute approximate surface area is 129 Å². The first-order valence-electron chi connectivity index (χ1n) is 6.21. The van der Waals surface area contributed by atoms with Gasteiger partial charge in [-0.15, -0.1) is 0 Å². The maximum absolute atomic E-state index is 12.2. The van der Waals surface area contributed by atoms with E-state index >= 15 is 0 Å². The maximum atomic E-state index is 12.2. The van der Waals surface area contributed by atoms with E-state index < -0.39 is 10.0 Å². The van der Waals surface area contributed by atoms with Crippen LogP contribution in [0.1, 0.15) is 20.3 Å². The summed E-state index contributed by atoms with van der Waals surface area (Å²) in [7, 11) is -1.92. The SMILES string of the molecule is COCCC(C)(C)CNS(=O)(=O)c1ccc(Br)c(N)c1. The molecule has 0 fully saturated rings. The normalized spacial score (nSPS) is 12.6. The van der Waals surface area contributed by atoms with E-state index in [1.165, 1.54) is 12.1 Å². The standard InChI is InChI=1S/C13H21BrN2O3S/c1-13(2,6-7-19-3)9-16-20(17,18)10-4-5-11(14)12(15)8-10/h4-5,8,16H,6-7,9,15H2,1-3H3. The molecule has 3 N–H and O–H groups in total. The molecular formula is C13H21BrN2O3S. The van der Waals surface area contributed by atoms with Crippen LogP contribution in [0.2, 0.25) is 0 Å². The molecule has 0 saturated heterocycles. The van der Waals surface area contributed by atoms with E-state index in [0.29, 0.717) is 23.3 Å². The third-order valence-electron chi connectivity index (χ3n) is 3.00. The van der Waals surface area contributed by atoms with Crippen molar-refractivity contribution in [2.75, 3.05) is 26.0 Å². The summed E-state index contributed by atoms with van der Waals surface area (Å²) in [5.74, 6) is 0. The fourth-order valence-corrected chi connectivity index (χ4v) is 3.05. The molecule has 0 spiro atoms. The van der Waals surface area contributed by atoms with E-state index in [0.717, 1.165) is 6.42 Å². The topological polar surface area (TPSA) is 81.4 Å². The number of anilines is 1. The van der Waals surface area contributed by atoms with E-state index in [1.54, 1.807) is 13.2 Å². The van der Waals surface area contributed by atoms with Gasteiger partial charge in [0, 0.05) is 30.4 Å². The van der Waals surface area contributed by atoms with Crippen molar-refractivity contribution in [3.63, 3.8) is 0 Å². The molecule has 0 bridgehead atoms. The summed E-state index contributed by atoms with van der Waals surface area (Å²) in [6.07, 6.45) is 0.772. The molecule has 0 saturated carbocycles. The molecule has 20 heavy (non-hydrogen) atoms. The molecule has 0 aromatic heterocycles. The van der Waals surface area contributed by atoms with Gasteiger partial charge in [0.25, 0.3) is 0 Å². The predicted octanol–water partition coefficient (Wildman–Crippen LogP) is 2.37. The van der Waals surface area contributed by atoms with Crippen molar-refractivity contribution in [2.45, 2.75) is 25.2 Å². The lowest BCUT2D eigenvalue weighted by atomic mass is 9.90. The number of rotatable bonds is 7. The molecule has 1 aromatic carbocycles. The minimum atomic E-state index is -3.55.